The van der Waals surface area contributed by atoms with Crippen molar-refractivity contribution in [2.75, 3.05) is 6.54 Å². The molecule has 0 atom stereocenters. The zero-order valence-corrected chi connectivity index (χ0v) is 13.7. The van der Waals surface area contributed by atoms with Crippen LogP contribution in [-0.4, -0.2) is 35.8 Å². The topological polar surface area (TPSA) is 60.5 Å². The Morgan fingerprint density at radius 2 is 1.91 bits per heavy atom. The van der Waals surface area contributed by atoms with Crippen LogP contribution in [0.3, 0.4) is 0 Å². The fraction of sp³-hybridized carbons (Fsp3) is 0.500. The summed E-state index contributed by atoms with van der Waals surface area (Å²) in [6.07, 6.45) is 3.40. The SMILES string of the molecule is CC(=O)NCC#Cc1cncc(B2OC(C)(C)C(C)(C)O2)c1. The van der Waals surface area contributed by atoms with Crippen molar-refractivity contribution in [3.05, 3.63) is 24.0 Å². The largest absolute Gasteiger partial charge is 0.496 e. The highest BCUT2D eigenvalue weighted by atomic mass is 16.7. The molecule has 5 nitrogen and oxygen atoms in total. The molecule has 1 amide bonds. The van der Waals surface area contributed by atoms with Crippen LogP contribution in [0.4, 0.5) is 0 Å². The monoisotopic (exact) mass is 300 g/mol. The lowest BCUT2D eigenvalue weighted by atomic mass is 9.80. The van der Waals surface area contributed by atoms with E-state index in [1.807, 2.05) is 33.8 Å². The normalized spacial score (nSPS) is 18.5. The first-order valence-electron chi connectivity index (χ1n) is 7.25. The molecule has 0 radical (unpaired) electrons. The van der Waals surface area contributed by atoms with E-state index in [2.05, 4.69) is 22.1 Å². The standard InChI is InChI=1S/C16H21BN2O3/c1-12(20)19-8-6-7-13-9-14(11-18-10-13)17-21-15(2,3)16(4,5)22-17/h9-11H,8H2,1-5H3,(H,19,20). The third kappa shape index (κ3) is 3.67. The zero-order valence-electron chi connectivity index (χ0n) is 13.7. The second kappa shape index (κ2) is 6.11. The molecule has 1 aliphatic heterocycles. The van der Waals surface area contributed by atoms with Gasteiger partial charge in [0.05, 0.1) is 17.7 Å². The molecule has 0 aliphatic carbocycles. The highest BCUT2D eigenvalue weighted by Crippen LogP contribution is 2.36. The number of pyridine rings is 1. The summed E-state index contributed by atoms with van der Waals surface area (Å²) >= 11 is 0. The smallest absolute Gasteiger partial charge is 0.399 e. The van der Waals surface area contributed by atoms with Gasteiger partial charge in [-0.05, 0) is 33.8 Å². The number of aromatic nitrogens is 1. The van der Waals surface area contributed by atoms with Crippen LogP contribution in [0.5, 0.6) is 0 Å². The Labute approximate surface area is 131 Å². The molecule has 0 aromatic carbocycles. The maximum Gasteiger partial charge on any atom is 0.496 e. The molecule has 1 N–H and O–H groups in total. The fourth-order valence-corrected chi connectivity index (χ4v) is 1.95. The molecule has 1 aromatic heterocycles. The Kier molecular flexibility index (Phi) is 4.59. The molecule has 1 fully saturated rings. The van der Waals surface area contributed by atoms with Gasteiger partial charge in [0.2, 0.25) is 5.91 Å². The van der Waals surface area contributed by atoms with Gasteiger partial charge in [-0.3, -0.25) is 9.78 Å². The van der Waals surface area contributed by atoms with Crippen LogP contribution in [0.25, 0.3) is 0 Å². The van der Waals surface area contributed by atoms with Gasteiger partial charge in [0.1, 0.15) is 0 Å². The predicted octanol–water partition coefficient (Wildman–Crippen LogP) is 0.868. The number of carbonyl (C=O) groups is 1. The Morgan fingerprint density at radius 1 is 1.27 bits per heavy atom. The predicted molar refractivity (Wildman–Crippen MR) is 85.5 cm³/mol. The van der Waals surface area contributed by atoms with Crippen molar-refractivity contribution in [3.8, 4) is 11.8 Å². The van der Waals surface area contributed by atoms with Crippen molar-refractivity contribution in [2.24, 2.45) is 0 Å². The van der Waals surface area contributed by atoms with E-state index in [9.17, 15) is 4.79 Å². The summed E-state index contributed by atoms with van der Waals surface area (Å²) in [6.45, 7) is 9.82. The molecule has 0 saturated carbocycles. The van der Waals surface area contributed by atoms with Gasteiger partial charge in [-0.2, -0.15) is 0 Å². The summed E-state index contributed by atoms with van der Waals surface area (Å²) in [5.41, 5.74) is 0.831. The molecular formula is C16H21BN2O3. The zero-order chi connectivity index (χ0) is 16.4. The molecule has 1 saturated heterocycles. The van der Waals surface area contributed by atoms with E-state index >= 15 is 0 Å². The minimum absolute atomic E-state index is 0.0987. The first kappa shape index (κ1) is 16.5. The second-order valence-electron chi connectivity index (χ2n) is 6.31. The number of hydrogen-bond acceptors (Lipinski definition) is 4. The molecule has 1 aliphatic rings. The van der Waals surface area contributed by atoms with E-state index in [4.69, 9.17) is 9.31 Å². The quantitative estimate of drug-likeness (QED) is 0.650. The highest BCUT2D eigenvalue weighted by Gasteiger charge is 2.51. The minimum atomic E-state index is -0.449. The van der Waals surface area contributed by atoms with Crippen LogP contribution in [0.1, 0.15) is 40.2 Å². The molecule has 0 unspecified atom stereocenters. The first-order chi connectivity index (χ1) is 10.2. The van der Waals surface area contributed by atoms with Gasteiger partial charge in [-0.1, -0.05) is 11.8 Å². The van der Waals surface area contributed by atoms with Crippen LogP contribution < -0.4 is 10.8 Å². The summed E-state index contributed by atoms with van der Waals surface area (Å²) in [5.74, 6) is 5.75. The van der Waals surface area contributed by atoms with Crippen molar-refractivity contribution in [3.63, 3.8) is 0 Å². The maximum atomic E-state index is 10.8. The molecule has 116 valence electrons. The lowest BCUT2D eigenvalue weighted by molar-refractivity contribution is -0.118. The molecular weight excluding hydrogens is 279 g/mol. The summed E-state index contributed by atoms with van der Waals surface area (Å²) in [7, 11) is -0.449. The molecule has 0 bridgehead atoms. The van der Waals surface area contributed by atoms with E-state index < -0.39 is 7.12 Å². The van der Waals surface area contributed by atoms with Crippen LogP contribution in [-0.2, 0) is 14.1 Å². The molecule has 22 heavy (non-hydrogen) atoms. The van der Waals surface area contributed by atoms with Gasteiger partial charge in [-0.25, -0.2) is 0 Å². The molecule has 6 heteroatoms. The first-order valence-corrected chi connectivity index (χ1v) is 7.25. The Hall–Kier alpha value is -1.84. The van der Waals surface area contributed by atoms with Gasteiger partial charge in [0.25, 0.3) is 0 Å². The van der Waals surface area contributed by atoms with Crippen LogP contribution in [0.15, 0.2) is 18.5 Å². The number of nitrogens with zero attached hydrogens (tertiary/aromatic N) is 1. The second-order valence-corrected chi connectivity index (χ2v) is 6.31. The Balaban J connectivity index is 2.11. The van der Waals surface area contributed by atoms with E-state index in [0.29, 0.717) is 6.54 Å². The van der Waals surface area contributed by atoms with Crippen LogP contribution in [0, 0.1) is 11.8 Å². The Morgan fingerprint density at radius 3 is 2.50 bits per heavy atom. The van der Waals surface area contributed by atoms with E-state index in [1.54, 1.807) is 12.4 Å². The molecule has 2 heterocycles. The lowest BCUT2D eigenvalue weighted by Crippen LogP contribution is -2.41. The number of carbonyl (C=O) groups excluding carboxylic acids is 1. The van der Waals surface area contributed by atoms with Crippen molar-refractivity contribution >= 4 is 18.5 Å². The number of hydrogen-bond donors (Lipinski definition) is 1. The number of rotatable bonds is 2. The van der Waals surface area contributed by atoms with E-state index in [-0.39, 0.29) is 17.1 Å². The Bertz CT molecular complexity index is 616. The summed E-state index contributed by atoms with van der Waals surface area (Å²) in [5, 5.41) is 2.62. The summed E-state index contributed by atoms with van der Waals surface area (Å²) < 4.78 is 12.0. The van der Waals surface area contributed by atoms with E-state index in [0.717, 1.165) is 11.0 Å². The van der Waals surface area contributed by atoms with E-state index in [1.165, 1.54) is 6.92 Å². The number of nitrogens with one attached hydrogen (secondary N) is 1. The molecule has 0 spiro atoms. The number of amides is 1. The van der Waals surface area contributed by atoms with Crippen LogP contribution >= 0.6 is 0 Å². The summed E-state index contributed by atoms with van der Waals surface area (Å²) in [6, 6.07) is 1.90. The van der Waals surface area contributed by atoms with Gasteiger partial charge in [-0.15, -0.1) is 0 Å². The van der Waals surface area contributed by atoms with Gasteiger partial charge < -0.3 is 14.6 Å². The van der Waals surface area contributed by atoms with Crippen molar-refractivity contribution in [1.82, 2.24) is 10.3 Å². The van der Waals surface area contributed by atoms with Gasteiger partial charge in [0, 0.05) is 30.3 Å². The average Bonchev–Trinajstić information content (AvgIpc) is 2.64. The van der Waals surface area contributed by atoms with Gasteiger partial charge in [0.15, 0.2) is 0 Å². The molecule has 1 aromatic rings. The van der Waals surface area contributed by atoms with Crippen molar-refractivity contribution < 1.29 is 14.1 Å². The fourth-order valence-electron chi connectivity index (χ4n) is 1.95. The van der Waals surface area contributed by atoms with Crippen molar-refractivity contribution in [1.29, 1.82) is 0 Å². The molecule has 2 rings (SSSR count). The lowest BCUT2D eigenvalue weighted by Gasteiger charge is -2.32. The highest BCUT2D eigenvalue weighted by molar-refractivity contribution is 6.62. The van der Waals surface area contributed by atoms with Gasteiger partial charge >= 0.3 is 7.12 Å². The average molecular weight is 300 g/mol. The minimum Gasteiger partial charge on any atom is -0.399 e. The van der Waals surface area contributed by atoms with Crippen molar-refractivity contribution in [2.45, 2.75) is 45.8 Å². The van der Waals surface area contributed by atoms with Crippen LogP contribution in [0.2, 0.25) is 0 Å². The third-order valence-corrected chi connectivity index (χ3v) is 3.94. The third-order valence-electron chi connectivity index (χ3n) is 3.94. The summed E-state index contributed by atoms with van der Waals surface area (Å²) in [4.78, 5) is 15.0. The maximum absolute atomic E-state index is 10.8.